The number of nitrogens with zero attached hydrogens (tertiary/aromatic N) is 2. The van der Waals surface area contributed by atoms with Crippen molar-refractivity contribution in [1.82, 2.24) is 9.80 Å². The van der Waals surface area contributed by atoms with Crippen LogP contribution in [0.2, 0.25) is 10.0 Å². The molecule has 26 heavy (non-hydrogen) atoms. The highest BCUT2D eigenvalue weighted by Crippen LogP contribution is 2.47. The zero-order chi connectivity index (χ0) is 19.1. The van der Waals surface area contributed by atoms with Gasteiger partial charge >= 0.3 is 0 Å². The van der Waals surface area contributed by atoms with Gasteiger partial charge in [-0.05, 0) is 25.5 Å². The number of thioether (sulfide) groups is 1. The smallest absolute Gasteiger partial charge is 0.246 e. The summed E-state index contributed by atoms with van der Waals surface area (Å²) in [6.45, 7) is 1.84. The quantitative estimate of drug-likeness (QED) is 0.820. The highest BCUT2D eigenvalue weighted by molar-refractivity contribution is 8.01. The number of carbonyl (C=O) groups excluding carboxylic acids is 3. The van der Waals surface area contributed by atoms with Gasteiger partial charge in [-0.15, -0.1) is 11.8 Å². The summed E-state index contributed by atoms with van der Waals surface area (Å²) in [4.78, 5) is 39.9. The molecule has 3 rings (SSSR count). The van der Waals surface area contributed by atoms with E-state index in [1.807, 2.05) is 6.92 Å². The third-order valence-electron chi connectivity index (χ3n) is 4.71. The van der Waals surface area contributed by atoms with Gasteiger partial charge in [0.1, 0.15) is 6.04 Å². The first-order valence-electron chi connectivity index (χ1n) is 8.18. The van der Waals surface area contributed by atoms with E-state index < -0.39 is 11.9 Å². The molecule has 2 unspecified atom stereocenters. The molecule has 2 atom stereocenters. The van der Waals surface area contributed by atoms with Crippen molar-refractivity contribution < 1.29 is 14.4 Å². The van der Waals surface area contributed by atoms with E-state index >= 15 is 0 Å². The van der Waals surface area contributed by atoms with Gasteiger partial charge in [0.15, 0.2) is 0 Å². The van der Waals surface area contributed by atoms with Crippen LogP contribution in [-0.4, -0.2) is 57.8 Å². The fourth-order valence-corrected chi connectivity index (χ4v) is 5.26. The molecular formula is C17H19Cl2N3O3S. The SMILES string of the molecule is CN(CC(=O)Nc1c(Cl)cccc1Cl)C(=O)C1CSC2(C)CCC(=O)N12. The second-order valence-electron chi connectivity index (χ2n) is 6.60. The van der Waals surface area contributed by atoms with E-state index in [4.69, 9.17) is 23.2 Å². The fraction of sp³-hybridized carbons (Fsp3) is 0.471. The van der Waals surface area contributed by atoms with Crippen LogP contribution < -0.4 is 5.32 Å². The summed E-state index contributed by atoms with van der Waals surface area (Å²) in [5.41, 5.74) is 0.320. The van der Waals surface area contributed by atoms with Crippen molar-refractivity contribution in [2.24, 2.45) is 0 Å². The molecule has 2 aliphatic heterocycles. The van der Waals surface area contributed by atoms with E-state index in [1.54, 1.807) is 41.9 Å². The van der Waals surface area contributed by atoms with Crippen molar-refractivity contribution in [2.75, 3.05) is 24.7 Å². The van der Waals surface area contributed by atoms with Gasteiger partial charge in [-0.3, -0.25) is 14.4 Å². The Kier molecular flexibility index (Phi) is 5.42. The molecule has 9 heteroatoms. The Morgan fingerprint density at radius 2 is 2.04 bits per heavy atom. The molecular weight excluding hydrogens is 397 g/mol. The Balaban J connectivity index is 1.64. The van der Waals surface area contributed by atoms with E-state index in [-0.39, 0.29) is 23.2 Å². The molecule has 0 aliphatic carbocycles. The lowest BCUT2D eigenvalue weighted by atomic mass is 10.2. The summed E-state index contributed by atoms with van der Waals surface area (Å²) < 4.78 is 0. The summed E-state index contributed by atoms with van der Waals surface area (Å²) in [7, 11) is 1.55. The van der Waals surface area contributed by atoms with Crippen molar-refractivity contribution in [1.29, 1.82) is 0 Å². The lowest BCUT2D eigenvalue weighted by Crippen LogP contribution is -2.51. The second kappa shape index (κ2) is 7.29. The van der Waals surface area contributed by atoms with Crippen molar-refractivity contribution >= 4 is 58.4 Å². The van der Waals surface area contributed by atoms with Gasteiger partial charge in [0.25, 0.3) is 0 Å². The van der Waals surface area contributed by atoms with Crippen molar-refractivity contribution in [3.8, 4) is 0 Å². The molecule has 1 N–H and O–H groups in total. The van der Waals surface area contributed by atoms with Crippen LogP contribution in [-0.2, 0) is 14.4 Å². The first-order chi connectivity index (χ1) is 12.2. The average Bonchev–Trinajstić information content (AvgIpc) is 3.07. The van der Waals surface area contributed by atoms with E-state index in [1.165, 1.54) is 4.90 Å². The Bertz CT molecular complexity index is 755. The van der Waals surface area contributed by atoms with Crippen LogP contribution >= 0.6 is 35.0 Å². The number of hydrogen-bond acceptors (Lipinski definition) is 4. The molecule has 1 aromatic rings. The number of likely N-dealkylation sites (N-methyl/N-ethyl adjacent to an activating group) is 1. The molecule has 140 valence electrons. The third-order valence-corrected chi connectivity index (χ3v) is 6.85. The molecule has 0 bridgehead atoms. The maximum absolute atomic E-state index is 12.8. The predicted octanol–water partition coefficient (Wildman–Crippen LogP) is 2.84. The number of rotatable bonds is 4. The number of para-hydroxylation sites is 1. The monoisotopic (exact) mass is 415 g/mol. The minimum Gasteiger partial charge on any atom is -0.335 e. The second-order valence-corrected chi connectivity index (χ2v) is 8.92. The number of nitrogens with one attached hydrogen (secondary N) is 1. The molecule has 2 heterocycles. The minimum atomic E-state index is -0.526. The number of carbonyl (C=O) groups is 3. The molecule has 1 aromatic carbocycles. The van der Waals surface area contributed by atoms with E-state index in [0.29, 0.717) is 27.9 Å². The van der Waals surface area contributed by atoms with Gasteiger partial charge in [-0.1, -0.05) is 29.3 Å². The maximum atomic E-state index is 12.8. The standard InChI is InChI=1S/C17H19Cl2N3O3S/c1-17-7-6-14(24)22(17)12(9-26-17)16(25)21(2)8-13(23)20-15-10(18)4-3-5-11(15)19/h3-5,12H,6-9H2,1-2H3,(H,20,23). The van der Waals surface area contributed by atoms with E-state index in [0.717, 1.165) is 6.42 Å². The highest BCUT2D eigenvalue weighted by atomic mass is 35.5. The highest BCUT2D eigenvalue weighted by Gasteiger charge is 2.53. The Morgan fingerprint density at radius 3 is 2.69 bits per heavy atom. The fourth-order valence-electron chi connectivity index (χ4n) is 3.35. The summed E-state index contributed by atoms with van der Waals surface area (Å²) in [6.07, 6.45) is 1.21. The lowest BCUT2D eigenvalue weighted by Gasteiger charge is -2.31. The topological polar surface area (TPSA) is 69.7 Å². The van der Waals surface area contributed by atoms with Crippen molar-refractivity contribution in [3.05, 3.63) is 28.2 Å². The number of fused-ring (bicyclic) bond motifs is 1. The largest absolute Gasteiger partial charge is 0.335 e. The summed E-state index contributed by atoms with van der Waals surface area (Å²) in [6, 6.07) is 4.39. The average molecular weight is 416 g/mol. The first-order valence-corrected chi connectivity index (χ1v) is 9.92. The van der Waals surface area contributed by atoms with Gasteiger partial charge in [0, 0.05) is 19.2 Å². The summed E-state index contributed by atoms with van der Waals surface area (Å²) >= 11 is 13.7. The Labute approximate surface area is 166 Å². The van der Waals surface area contributed by atoms with Crippen LogP contribution in [0.15, 0.2) is 18.2 Å². The van der Waals surface area contributed by atoms with Gasteiger partial charge in [-0.25, -0.2) is 0 Å². The van der Waals surface area contributed by atoms with Gasteiger partial charge in [-0.2, -0.15) is 0 Å². The van der Waals surface area contributed by atoms with Crippen LogP contribution in [0.4, 0.5) is 5.69 Å². The molecule has 6 nitrogen and oxygen atoms in total. The van der Waals surface area contributed by atoms with Crippen LogP contribution in [0.25, 0.3) is 0 Å². The van der Waals surface area contributed by atoms with Gasteiger partial charge in [0.05, 0.1) is 27.1 Å². The normalized spacial score (nSPS) is 24.5. The van der Waals surface area contributed by atoms with E-state index in [9.17, 15) is 14.4 Å². The number of hydrogen-bond donors (Lipinski definition) is 1. The molecule has 0 spiro atoms. The third kappa shape index (κ3) is 3.52. The molecule has 2 fully saturated rings. The zero-order valence-corrected chi connectivity index (χ0v) is 16.7. The Hall–Kier alpha value is -1.44. The molecule has 2 aliphatic rings. The van der Waals surface area contributed by atoms with Crippen LogP contribution in [0.3, 0.4) is 0 Å². The van der Waals surface area contributed by atoms with Crippen molar-refractivity contribution in [3.63, 3.8) is 0 Å². The van der Waals surface area contributed by atoms with Gasteiger partial charge in [0.2, 0.25) is 17.7 Å². The van der Waals surface area contributed by atoms with Crippen LogP contribution in [0.1, 0.15) is 19.8 Å². The van der Waals surface area contributed by atoms with Crippen LogP contribution in [0.5, 0.6) is 0 Å². The molecule has 3 amide bonds. The number of benzene rings is 1. The van der Waals surface area contributed by atoms with Gasteiger partial charge < -0.3 is 15.1 Å². The molecule has 0 aromatic heterocycles. The Morgan fingerprint density at radius 1 is 1.38 bits per heavy atom. The zero-order valence-electron chi connectivity index (χ0n) is 14.4. The minimum absolute atomic E-state index is 0.00319. The predicted molar refractivity (Wildman–Crippen MR) is 103 cm³/mol. The van der Waals surface area contributed by atoms with Crippen LogP contribution in [0, 0.1) is 0 Å². The summed E-state index contributed by atoms with van der Waals surface area (Å²) in [5.74, 6) is -0.103. The molecule has 2 saturated heterocycles. The number of amides is 3. The number of halogens is 2. The number of anilines is 1. The maximum Gasteiger partial charge on any atom is 0.246 e. The lowest BCUT2D eigenvalue weighted by molar-refractivity contribution is -0.143. The van der Waals surface area contributed by atoms with E-state index in [2.05, 4.69) is 5.32 Å². The summed E-state index contributed by atoms with van der Waals surface area (Å²) in [5, 5.41) is 3.28. The van der Waals surface area contributed by atoms with Crippen molar-refractivity contribution in [2.45, 2.75) is 30.7 Å². The molecule has 0 saturated carbocycles. The molecule has 0 radical (unpaired) electrons. The first kappa shape index (κ1) is 19.3.